The number of rotatable bonds is 6. The average molecular weight is 390 g/mol. The predicted octanol–water partition coefficient (Wildman–Crippen LogP) is 2.45. The third kappa shape index (κ3) is 5.01. The highest BCUT2D eigenvalue weighted by Gasteiger charge is 2.09. The van der Waals surface area contributed by atoms with Crippen molar-refractivity contribution < 1.29 is 4.79 Å². The number of nitrogens with one attached hydrogen (secondary N) is 2. The third-order valence-electron chi connectivity index (χ3n) is 4.57. The SMILES string of the molecule is CN=C(NCc1cccc(C(N)=O)c1)NCc1ccccc1-n1nc(C)cc1C. The molecule has 0 fully saturated rings. The summed E-state index contributed by atoms with van der Waals surface area (Å²) < 4.78 is 1.96. The standard InChI is InChI=1S/C22H26N6O/c1-15-11-16(2)28(27-15)20-10-5-4-8-19(20)14-26-22(24-3)25-13-17-7-6-9-18(12-17)21(23)29/h4-12H,13-14H2,1-3H3,(H2,23,29)(H2,24,25,26). The molecule has 1 heterocycles. The molecular weight excluding hydrogens is 364 g/mol. The normalized spacial score (nSPS) is 11.3. The van der Waals surface area contributed by atoms with Crippen molar-refractivity contribution in [2.75, 3.05) is 7.05 Å². The molecule has 0 radical (unpaired) electrons. The van der Waals surface area contributed by atoms with Gasteiger partial charge in [-0.3, -0.25) is 9.79 Å². The number of guanidine groups is 1. The summed E-state index contributed by atoms with van der Waals surface area (Å²) in [4.78, 5) is 15.6. The van der Waals surface area contributed by atoms with E-state index in [1.165, 1.54) is 0 Å². The number of aliphatic imine (C=N–C) groups is 1. The van der Waals surface area contributed by atoms with Gasteiger partial charge in [-0.05, 0) is 49.2 Å². The summed E-state index contributed by atoms with van der Waals surface area (Å²) in [5.74, 6) is 0.229. The molecule has 0 aliphatic heterocycles. The van der Waals surface area contributed by atoms with Gasteiger partial charge in [0, 0.05) is 31.4 Å². The Morgan fingerprint density at radius 2 is 1.83 bits per heavy atom. The quantitative estimate of drug-likeness (QED) is 0.445. The van der Waals surface area contributed by atoms with Crippen LogP contribution >= 0.6 is 0 Å². The lowest BCUT2D eigenvalue weighted by molar-refractivity contribution is 0.1000. The topological polar surface area (TPSA) is 97.3 Å². The van der Waals surface area contributed by atoms with Crippen LogP contribution in [0.3, 0.4) is 0 Å². The molecular formula is C22H26N6O. The van der Waals surface area contributed by atoms with Crippen molar-refractivity contribution >= 4 is 11.9 Å². The molecule has 7 nitrogen and oxygen atoms in total. The summed E-state index contributed by atoms with van der Waals surface area (Å²) in [7, 11) is 1.72. The van der Waals surface area contributed by atoms with E-state index in [4.69, 9.17) is 5.73 Å². The first-order valence-electron chi connectivity index (χ1n) is 9.42. The molecule has 3 aromatic rings. The number of benzene rings is 2. The van der Waals surface area contributed by atoms with Crippen molar-refractivity contribution in [2.45, 2.75) is 26.9 Å². The maximum atomic E-state index is 11.3. The van der Waals surface area contributed by atoms with Crippen LogP contribution in [0.4, 0.5) is 0 Å². The van der Waals surface area contributed by atoms with Crippen LogP contribution in [-0.4, -0.2) is 28.7 Å². The van der Waals surface area contributed by atoms with Gasteiger partial charge in [0.15, 0.2) is 5.96 Å². The van der Waals surface area contributed by atoms with Crippen LogP contribution in [0, 0.1) is 13.8 Å². The highest BCUT2D eigenvalue weighted by Crippen LogP contribution is 2.16. The Kier molecular flexibility index (Phi) is 6.29. The number of nitrogens with two attached hydrogens (primary N) is 1. The van der Waals surface area contributed by atoms with Crippen LogP contribution in [0.2, 0.25) is 0 Å². The second kappa shape index (κ2) is 9.05. The summed E-state index contributed by atoms with van der Waals surface area (Å²) in [5.41, 5.74) is 11.0. The van der Waals surface area contributed by atoms with Crippen LogP contribution < -0.4 is 16.4 Å². The molecule has 2 aromatic carbocycles. The number of hydrogen-bond donors (Lipinski definition) is 3. The molecule has 0 aliphatic rings. The fourth-order valence-electron chi connectivity index (χ4n) is 3.16. The van der Waals surface area contributed by atoms with E-state index in [1.54, 1.807) is 19.2 Å². The van der Waals surface area contributed by atoms with Crippen molar-refractivity contribution in [2.24, 2.45) is 10.7 Å². The van der Waals surface area contributed by atoms with Gasteiger partial charge < -0.3 is 16.4 Å². The van der Waals surface area contributed by atoms with E-state index >= 15 is 0 Å². The number of carbonyl (C=O) groups is 1. The number of carbonyl (C=O) groups excluding carboxylic acids is 1. The Morgan fingerprint density at radius 3 is 2.52 bits per heavy atom. The number of aromatic nitrogens is 2. The number of para-hydroxylation sites is 1. The van der Waals surface area contributed by atoms with Crippen LogP contribution in [0.15, 0.2) is 59.6 Å². The van der Waals surface area contributed by atoms with E-state index < -0.39 is 5.91 Å². The van der Waals surface area contributed by atoms with Gasteiger partial charge in [0.05, 0.1) is 11.4 Å². The van der Waals surface area contributed by atoms with E-state index in [1.807, 2.05) is 42.8 Å². The fourth-order valence-corrected chi connectivity index (χ4v) is 3.16. The summed E-state index contributed by atoms with van der Waals surface area (Å²) in [6, 6.07) is 17.4. The van der Waals surface area contributed by atoms with Crippen molar-refractivity contribution in [1.82, 2.24) is 20.4 Å². The molecule has 1 aromatic heterocycles. The Balaban J connectivity index is 1.67. The fraction of sp³-hybridized carbons (Fsp3) is 0.227. The summed E-state index contributed by atoms with van der Waals surface area (Å²) in [6.07, 6.45) is 0. The minimum Gasteiger partial charge on any atom is -0.366 e. The van der Waals surface area contributed by atoms with Crippen LogP contribution in [0.5, 0.6) is 0 Å². The average Bonchev–Trinajstić information content (AvgIpc) is 3.06. The molecule has 0 spiro atoms. The molecule has 0 saturated carbocycles. The lowest BCUT2D eigenvalue weighted by Crippen LogP contribution is -2.36. The zero-order valence-corrected chi connectivity index (χ0v) is 16.9. The number of amides is 1. The first kappa shape index (κ1) is 20.1. The van der Waals surface area contributed by atoms with E-state index in [0.29, 0.717) is 24.6 Å². The van der Waals surface area contributed by atoms with Crippen LogP contribution in [0.25, 0.3) is 5.69 Å². The van der Waals surface area contributed by atoms with E-state index in [9.17, 15) is 4.79 Å². The molecule has 3 rings (SSSR count). The highest BCUT2D eigenvalue weighted by molar-refractivity contribution is 5.92. The summed E-state index contributed by atoms with van der Waals surface area (Å²) >= 11 is 0. The molecule has 150 valence electrons. The van der Waals surface area contributed by atoms with Gasteiger partial charge in [0.1, 0.15) is 0 Å². The van der Waals surface area contributed by atoms with Gasteiger partial charge in [-0.15, -0.1) is 0 Å². The van der Waals surface area contributed by atoms with E-state index in [0.717, 1.165) is 28.2 Å². The molecule has 0 unspecified atom stereocenters. The summed E-state index contributed by atoms with van der Waals surface area (Å²) in [5, 5.41) is 11.2. The largest absolute Gasteiger partial charge is 0.366 e. The monoisotopic (exact) mass is 390 g/mol. The molecule has 0 bridgehead atoms. The molecule has 0 atom stereocenters. The van der Waals surface area contributed by atoms with Crippen molar-refractivity contribution in [3.63, 3.8) is 0 Å². The number of primary amides is 1. The van der Waals surface area contributed by atoms with Crippen molar-refractivity contribution in [3.8, 4) is 5.69 Å². The molecule has 29 heavy (non-hydrogen) atoms. The molecule has 1 amide bonds. The molecule has 4 N–H and O–H groups in total. The third-order valence-corrected chi connectivity index (χ3v) is 4.57. The Morgan fingerprint density at radius 1 is 1.07 bits per heavy atom. The lowest BCUT2D eigenvalue weighted by atomic mass is 10.1. The Hall–Kier alpha value is -3.61. The van der Waals surface area contributed by atoms with Gasteiger partial charge in [0.25, 0.3) is 0 Å². The molecule has 0 saturated heterocycles. The van der Waals surface area contributed by atoms with E-state index in [-0.39, 0.29) is 0 Å². The Bertz CT molecular complexity index is 1040. The lowest BCUT2D eigenvalue weighted by Gasteiger charge is -2.15. The molecule has 7 heteroatoms. The highest BCUT2D eigenvalue weighted by atomic mass is 16.1. The predicted molar refractivity (Wildman–Crippen MR) is 115 cm³/mol. The zero-order valence-electron chi connectivity index (χ0n) is 16.9. The van der Waals surface area contributed by atoms with Gasteiger partial charge in [-0.1, -0.05) is 30.3 Å². The second-order valence-corrected chi connectivity index (χ2v) is 6.81. The maximum Gasteiger partial charge on any atom is 0.248 e. The maximum absolute atomic E-state index is 11.3. The number of nitrogens with zero attached hydrogens (tertiary/aromatic N) is 3. The van der Waals surface area contributed by atoms with Crippen molar-refractivity contribution in [1.29, 1.82) is 0 Å². The smallest absolute Gasteiger partial charge is 0.248 e. The van der Waals surface area contributed by atoms with Crippen LogP contribution in [-0.2, 0) is 13.1 Å². The molecule has 0 aliphatic carbocycles. The minimum absolute atomic E-state index is 0.435. The van der Waals surface area contributed by atoms with Gasteiger partial charge >= 0.3 is 0 Å². The van der Waals surface area contributed by atoms with Crippen molar-refractivity contribution in [3.05, 3.63) is 82.7 Å². The Labute approximate surface area is 170 Å². The van der Waals surface area contributed by atoms with Crippen LogP contribution in [0.1, 0.15) is 32.9 Å². The summed E-state index contributed by atoms with van der Waals surface area (Å²) in [6.45, 7) is 5.16. The second-order valence-electron chi connectivity index (χ2n) is 6.81. The first-order valence-corrected chi connectivity index (χ1v) is 9.42. The minimum atomic E-state index is -0.435. The van der Waals surface area contributed by atoms with E-state index in [2.05, 4.69) is 38.9 Å². The number of aryl methyl sites for hydroxylation is 2. The van der Waals surface area contributed by atoms with Gasteiger partial charge in [0.2, 0.25) is 5.91 Å². The number of hydrogen-bond acceptors (Lipinski definition) is 3. The van der Waals surface area contributed by atoms with Gasteiger partial charge in [-0.25, -0.2) is 4.68 Å². The van der Waals surface area contributed by atoms with Gasteiger partial charge in [-0.2, -0.15) is 5.10 Å². The zero-order chi connectivity index (χ0) is 20.8. The first-order chi connectivity index (χ1) is 14.0.